The lowest BCUT2D eigenvalue weighted by molar-refractivity contribution is -0.874. The Balaban J connectivity index is 2.83. The molecule has 1 aliphatic carbocycles. The Kier molecular flexibility index (Phi) is 23.9. The zero-order chi connectivity index (χ0) is 40.4. The Morgan fingerprint density at radius 1 is 0.630 bits per heavy atom. The smallest absolute Gasteiger partial charge is 0.452 e. The molecule has 1 fully saturated rings. The first kappa shape index (κ1) is 48.1. The number of hydrogen-bond acceptors (Lipinski definition) is 27. The van der Waals surface area contributed by atoms with Gasteiger partial charge in [-0.15, -0.1) is 0 Å². The Bertz CT molecular complexity index is 1590. The topological polar surface area (TPSA) is 396 Å². The third kappa shape index (κ3) is 21.7. The number of esters is 1. The highest BCUT2D eigenvalue weighted by molar-refractivity contribution is 7.47. The molecule has 0 heterocycles. The van der Waals surface area contributed by atoms with E-state index in [9.17, 15) is 44.0 Å². The van der Waals surface area contributed by atoms with Crippen LogP contribution in [-0.4, -0.2) is 108 Å². The van der Waals surface area contributed by atoms with Crippen molar-refractivity contribution in [3.05, 3.63) is 0 Å². The van der Waals surface area contributed by atoms with Crippen LogP contribution in [0.2, 0.25) is 0 Å². The summed E-state index contributed by atoms with van der Waals surface area (Å²) in [5.74, 6) is 21.2. The Morgan fingerprint density at radius 3 is 1.63 bits per heavy atom. The fourth-order valence-electron chi connectivity index (χ4n) is 2.92. The van der Waals surface area contributed by atoms with E-state index in [0.29, 0.717) is 0 Å². The van der Waals surface area contributed by atoms with Gasteiger partial charge in [-0.05, 0) is 84.5 Å². The van der Waals surface area contributed by atoms with Crippen molar-refractivity contribution in [1.29, 1.82) is 0 Å². The van der Waals surface area contributed by atoms with Gasteiger partial charge in [0.05, 0.1) is 6.61 Å². The van der Waals surface area contributed by atoms with Gasteiger partial charge >= 0.3 is 27.8 Å². The summed E-state index contributed by atoms with van der Waals surface area (Å²) in [7, 11) is -11.0. The molecule has 0 aromatic rings. The van der Waals surface area contributed by atoms with Crippen molar-refractivity contribution >= 4 is 27.8 Å². The summed E-state index contributed by atoms with van der Waals surface area (Å²) in [4.78, 5) is 56.0. The van der Waals surface area contributed by atoms with Crippen molar-refractivity contribution in [2.45, 2.75) is 49.7 Å². The van der Waals surface area contributed by atoms with Gasteiger partial charge in [-0.3, -0.25) is 13.6 Å². The average molecular weight is 828 g/mol. The molecule has 0 aromatic carbocycles. The van der Waals surface area contributed by atoms with Gasteiger partial charge in [0, 0.05) is 36.2 Å². The van der Waals surface area contributed by atoms with Gasteiger partial charge in [0.2, 0.25) is 0 Å². The maximum atomic E-state index is 12.6. The van der Waals surface area contributed by atoms with Crippen molar-refractivity contribution in [3.8, 4) is 59.2 Å². The number of phosphoric acid groups is 2. The SMILES string of the molecule is CC#CC#CC#CC#CC#CC(=O)OC[C@H](COP(=O)(O)OC1C(O)[C@H](O)[C@@H](O)C(OP(=O)(O)O)[C@@H]1O)OC(=O)OOOOOOOOOOOOOO. The van der Waals surface area contributed by atoms with Crippen LogP contribution < -0.4 is 0 Å². The number of ether oxygens (including phenoxy) is 2. The van der Waals surface area contributed by atoms with E-state index in [4.69, 9.17) is 19.8 Å². The van der Waals surface area contributed by atoms with E-state index in [0.717, 1.165) is 0 Å². The van der Waals surface area contributed by atoms with Crippen molar-refractivity contribution in [2.75, 3.05) is 13.2 Å². The molecule has 0 aromatic heterocycles. The second kappa shape index (κ2) is 26.8. The van der Waals surface area contributed by atoms with E-state index in [2.05, 4.69) is 131 Å². The van der Waals surface area contributed by atoms with Gasteiger partial charge in [0.25, 0.3) is 0 Å². The molecule has 4 unspecified atom stereocenters. The van der Waals surface area contributed by atoms with E-state index < -0.39 is 83.7 Å². The average Bonchev–Trinajstić information content (AvgIpc) is 3.11. The lowest BCUT2D eigenvalue weighted by Crippen LogP contribution is -2.64. The maximum absolute atomic E-state index is 12.6. The fourth-order valence-corrected chi connectivity index (χ4v) is 4.46. The zero-order valence-electron chi connectivity index (χ0n) is 25.9. The number of hydrogen-bond donors (Lipinski definition) is 8. The summed E-state index contributed by atoms with van der Waals surface area (Å²) in [6.07, 6.45) is -18.3. The maximum Gasteiger partial charge on any atom is 0.543 e. The third-order valence-corrected chi connectivity index (χ3v) is 6.29. The van der Waals surface area contributed by atoms with Crippen molar-refractivity contribution in [2.24, 2.45) is 0 Å². The lowest BCUT2D eigenvalue weighted by Gasteiger charge is -2.43. The van der Waals surface area contributed by atoms with Crippen LogP contribution in [0.15, 0.2) is 0 Å². The highest BCUT2D eigenvalue weighted by Crippen LogP contribution is 2.48. The van der Waals surface area contributed by atoms with Crippen LogP contribution in [0.3, 0.4) is 0 Å². The number of phosphoric ester groups is 2. The van der Waals surface area contributed by atoms with Gasteiger partial charge in [-0.2, -0.15) is 0 Å². The van der Waals surface area contributed by atoms with Gasteiger partial charge in [0.15, 0.2) is 6.10 Å². The van der Waals surface area contributed by atoms with Crippen molar-refractivity contribution < 1.29 is 147 Å². The molecule has 0 radical (unpaired) electrons. The van der Waals surface area contributed by atoms with Crippen LogP contribution in [0, 0.1) is 59.2 Å². The van der Waals surface area contributed by atoms with Crippen molar-refractivity contribution in [1.82, 2.24) is 0 Å². The molecule has 1 aliphatic rings. The number of carbonyl (C=O) groups is 2. The first-order valence-electron chi connectivity index (χ1n) is 12.8. The third-order valence-electron chi connectivity index (χ3n) is 4.78. The van der Waals surface area contributed by atoms with E-state index in [1.165, 1.54) is 0 Å². The molecular formula is C22H22O30P2. The monoisotopic (exact) mass is 828 g/mol. The van der Waals surface area contributed by atoms with Gasteiger partial charge in [-0.25, -0.2) is 28.9 Å². The standard InChI is InChI=1S/C22H22O30P2/c1-2-3-4-5-6-7-8-9-10-11-15(23)35-12-14(37-22(28)38-42-44-46-48-50-52-51-49-47-45-43-41-29)13-36-54(33,34)40-21-18(26)16(24)17(25)20(19(21)27)39-53(30,31)32/h14,16-21,24-27,29H,12-13H2,1H3,(H,33,34)(H2,30,31,32)/t14-,16-,17-,18?,19+,20?,21?/m1/s1. The minimum absolute atomic E-state index is 1.05. The molecule has 0 bridgehead atoms. The van der Waals surface area contributed by atoms with Crippen LogP contribution in [0.25, 0.3) is 0 Å². The minimum Gasteiger partial charge on any atom is -0.452 e. The second-order valence-electron chi connectivity index (χ2n) is 8.23. The lowest BCUT2D eigenvalue weighted by atomic mass is 9.85. The quantitative estimate of drug-likeness (QED) is 0.00985. The summed E-state index contributed by atoms with van der Waals surface area (Å²) < 4.78 is 46.6. The van der Waals surface area contributed by atoms with Crippen molar-refractivity contribution in [3.63, 3.8) is 0 Å². The largest absolute Gasteiger partial charge is 0.543 e. The Labute approximate surface area is 297 Å². The molecule has 32 heteroatoms. The molecule has 0 spiro atoms. The Morgan fingerprint density at radius 2 is 1.11 bits per heavy atom. The molecule has 0 saturated heterocycles. The van der Waals surface area contributed by atoms with E-state index in [-0.39, 0.29) is 0 Å². The summed E-state index contributed by atoms with van der Waals surface area (Å²) >= 11 is 0. The van der Waals surface area contributed by atoms with E-state index in [1.807, 2.05) is 11.8 Å². The first-order chi connectivity index (χ1) is 25.6. The summed E-state index contributed by atoms with van der Waals surface area (Å²) in [5.41, 5.74) is 0. The molecule has 1 saturated carbocycles. The number of rotatable bonds is 22. The van der Waals surface area contributed by atoms with Crippen LogP contribution in [0.1, 0.15) is 6.92 Å². The predicted molar refractivity (Wildman–Crippen MR) is 144 cm³/mol. The molecule has 8 N–H and O–H groups in total. The molecule has 300 valence electrons. The van der Waals surface area contributed by atoms with Crippen LogP contribution in [-0.2, 0) is 102 Å². The van der Waals surface area contributed by atoms with E-state index in [1.54, 1.807) is 6.92 Å². The molecular weight excluding hydrogens is 806 g/mol. The summed E-state index contributed by atoms with van der Waals surface area (Å²) in [6.45, 7) is -0.776. The summed E-state index contributed by atoms with van der Waals surface area (Å²) in [6, 6.07) is 0. The normalized spacial score (nSPS) is 21.9. The van der Waals surface area contributed by atoms with Gasteiger partial charge in [0.1, 0.15) is 43.2 Å². The molecule has 1 rings (SSSR count). The number of aliphatic hydroxyl groups is 4. The highest BCUT2D eigenvalue weighted by atomic mass is 31.2. The fraction of sp³-hybridized carbons (Fsp3) is 0.455. The minimum atomic E-state index is -5.58. The zero-order valence-corrected chi connectivity index (χ0v) is 27.7. The first-order valence-corrected chi connectivity index (χ1v) is 15.9. The molecule has 8 atom stereocenters. The molecule has 30 nitrogen and oxygen atoms in total. The highest BCUT2D eigenvalue weighted by Gasteiger charge is 2.54. The number of aliphatic hydroxyl groups excluding tert-OH is 4. The van der Waals surface area contributed by atoms with Gasteiger partial charge in [-0.1, -0.05) is 5.92 Å². The molecule has 0 aliphatic heterocycles. The molecule has 54 heavy (non-hydrogen) atoms. The van der Waals surface area contributed by atoms with Crippen LogP contribution in [0.5, 0.6) is 0 Å². The molecule has 0 amide bonds. The summed E-state index contributed by atoms with van der Waals surface area (Å²) in [5, 5.41) is 89.6. The predicted octanol–water partition coefficient (Wildman–Crippen LogP) is -3.82. The second-order valence-corrected chi connectivity index (χ2v) is 10.8. The van der Waals surface area contributed by atoms with E-state index >= 15 is 0 Å². The number of carbonyl (C=O) groups excluding carboxylic acids is 2. The van der Waals surface area contributed by atoms with Gasteiger partial charge < -0.3 is 44.6 Å². The van der Waals surface area contributed by atoms with Crippen LogP contribution >= 0.6 is 15.6 Å². The Hall–Kier alpha value is -3.92. The van der Waals surface area contributed by atoms with Crippen LogP contribution in [0.4, 0.5) is 4.79 Å².